The molecule has 1 heterocycles. The van der Waals surface area contributed by atoms with Crippen LogP contribution in [0.2, 0.25) is 0 Å². The molecular formula is C8H16ClN3. The van der Waals surface area contributed by atoms with Crippen LogP contribution >= 0.6 is 12.4 Å². The van der Waals surface area contributed by atoms with E-state index >= 15 is 0 Å². The van der Waals surface area contributed by atoms with Gasteiger partial charge in [-0.3, -0.25) is 4.68 Å². The highest BCUT2D eigenvalue weighted by Gasteiger charge is 2.01. The van der Waals surface area contributed by atoms with Gasteiger partial charge in [-0.2, -0.15) is 5.10 Å². The Labute approximate surface area is 79.6 Å². The van der Waals surface area contributed by atoms with Crippen molar-refractivity contribution < 1.29 is 0 Å². The second-order valence-electron chi connectivity index (χ2n) is 2.68. The number of nitrogens with zero attached hydrogens (tertiary/aromatic N) is 2. The van der Waals surface area contributed by atoms with Crippen LogP contribution in [-0.4, -0.2) is 16.3 Å². The summed E-state index contributed by atoms with van der Waals surface area (Å²) in [6, 6.07) is 0. The molecule has 12 heavy (non-hydrogen) atoms. The average Bonchev–Trinajstić information content (AvgIpc) is 2.29. The van der Waals surface area contributed by atoms with Gasteiger partial charge in [0.05, 0.1) is 11.9 Å². The highest BCUT2D eigenvalue weighted by molar-refractivity contribution is 5.85. The minimum atomic E-state index is 0. The highest BCUT2D eigenvalue weighted by atomic mass is 35.5. The molecule has 0 aromatic carbocycles. The molecule has 70 valence electrons. The third-order valence-electron chi connectivity index (χ3n) is 1.81. The predicted octanol–water partition coefficient (Wildman–Crippen LogP) is 1.26. The second-order valence-corrected chi connectivity index (χ2v) is 2.68. The van der Waals surface area contributed by atoms with Gasteiger partial charge in [0, 0.05) is 13.6 Å². The van der Waals surface area contributed by atoms with Crippen molar-refractivity contribution in [2.24, 2.45) is 7.05 Å². The van der Waals surface area contributed by atoms with Gasteiger partial charge in [-0.25, -0.2) is 0 Å². The largest absolute Gasteiger partial charge is 0.311 e. The Morgan fingerprint density at radius 1 is 1.58 bits per heavy atom. The fraction of sp³-hybridized carbons (Fsp3) is 0.625. The molecule has 0 amide bonds. The topological polar surface area (TPSA) is 29.9 Å². The van der Waals surface area contributed by atoms with Crippen molar-refractivity contribution in [2.45, 2.75) is 20.4 Å². The second kappa shape index (κ2) is 5.17. The van der Waals surface area contributed by atoms with Crippen LogP contribution in [0.25, 0.3) is 0 Å². The van der Waals surface area contributed by atoms with Gasteiger partial charge in [-0.05, 0) is 19.0 Å². The quantitative estimate of drug-likeness (QED) is 0.776. The third-order valence-corrected chi connectivity index (χ3v) is 1.81. The molecule has 0 saturated heterocycles. The number of halogens is 1. The van der Waals surface area contributed by atoms with Crippen LogP contribution in [-0.2, 0) is 13.6 Å². The summed E-state index contributed by atoms with van der Waals surface area (Å²) in [7, 11) is 1.97. The maximum Gasteiger partial charge on any atom is 0.0547 e. The molecule has 0 aliphatic rings. The zero-order valence-corrected chi connectivity index (χ0v) is 8.61. The number of aromatic nitrogens is 2. The first-order valence-corrected chi connectivity index (χ1v) is 3.94. The van der Waals surface area contributed by atoms with Gasteiger partial charge in [-0.1, -0.05) is 6.92 Å². The minimum absolute atomic E-state index is 0. The van der Waals surface area contributed by atoms with Crippen LogP contribution in [0.3, 0.4) is 0 Å². The Morgan fingerprint density at radius 3 is 2.67 bits per heavy atom. The van der Waals surface area contributed by atoms with Gasteiger partial charge in [0.25, 0.3) is 0 Å². The Bertz CT molecular complexity index is 213. The fourth-order valence-electron chi connectivity index (χ4n) is 1.07. The third kappa shape index (κ3) is 2.50. The molecule has 4 heteroatoms. The number of rotatable bonds is 3. The van der Waals surface area contributed by atoms with E-state index in [1.807, 2.05) is 17.9 Å². The molecule has 1 rings (SSSR count). The molecule has 0 atom stereocenters. The molecule has 0 fully saturated rings. The van der Waals surface area contributed by atoms with Gasteiger partial charge in [0.1, 0.15) is 0 Å². The summed E-state index contributed by atoms with van der Waals surface area (Å²) in [6.07, 6.45) is 1.90. The standard InChI is InChI=1S/C8H15N3.ClH/c1-4-9-6-8-7(2)5-10-11(8)3;/h5,9H,4,6H2,1-3H3;1H. The van der Waals surface area contributed by atoms with Crippen LogP contribution in [0.4, 0.5) is 0 Å². The van der Waals surface area contributed by atoms with Crippen LogP contribution in [0.1, 0.15) is 18.2 Å². The lowest BCUT2D eigenvalue weighted by Crippen LogP contribution is -2.15. The Morgan fingerprint density at radius 2 is 2.25 bits per heavy atom. The van der Waals surface area contributed by atoms with E-state index in [0.29, 0.717) is 0 Å². The van der Waals surface area contributed by atoms with Crippen LogP contribution in [0, 0.1) is 6.92 Å². The fourth-order valence-corrected chi connectivity index (χ4v) is 1.07. The predicted molar refractivity (Wildman–Crippen MR) is 52.6 cm³/mol. The van der Waals surface area contributed by atoms with Crippen molar-refractivity contribution in [1.82, 2.24) is 15.1 Å². The average molecular weight is 190 g/mol. The SMILES string of the molecule is CCNCc1c(C)cnn1C.Cl. The Kier molecular flexibility index (Phi) is 4.93. The van der Waals surface area contributed by atoms with E-state index in [2.05, 4.69) is 24.3 Å². The van der Waals surface area contributed by atoms with Gasteiger partial charge in [0.2, 0.25) is 0 Å². The maximum atomic E-state index is 4.15. The molecule has 0 aliphatic heterocycles. The van der Waals surface area contributed by atoms with Crippen molar-refractivity contribution in [2.75, 3.05) is 6.54 Å². The Hall–Kier alpha value is -0.540. The van der Waals surface area contributed by atoms with E-state index < -0.39 is 0 Å². The molecule has 0 saturated carbocycles. The molecule has 0 unspecified atom stereocenters. The number of nitrogens with one attached hydrogen (secondary N) is 1. The summed E-state index contributed by atoms with van der Waals surface area (Å²) in [4.78, 5) is 0. The van der Waals surface area contributed by atoms with Crippen LogP contribution < -0.4 is 5.32 Å². The minimum Gasteiger partial charge on any atom is -0.311 e. The molecule has 0 bridgehead atoms. The first-order chi connectivity index (χ1) is 5.25. The summed E-state index contributed by atoms with van der Waals surface area (Å²) in [5.74, 6) is 0. The molecule has 1 N–H and O–H groups in total. The Balaban J connectivity index is 0.00000121. The van der Waals surface area contributed by atoms with Gasteiger partial charge < -0.3 is 5.32 Å². The van der Waals surface area contributed by atoms with E-state index in [1.165, 1.54) is 11.3 Å². The van der Waals surface area contributed by atoms with Gasteiger partial charge in [-0.15, -0.1) is 12.4 Å². The molecule has 0 spiro atoms. The first kappa shape index (κ1) is 11.5. The summed E-state index contributed by atoms with van der Waals surface area (Å²) in [5, 5.41) is 7.42. The monoisotopic (exact) mass is 189 g/mol. The van der Waals surface area contributed by atoms with E-state index in [-0.39, 0.29) is 12.4 Å². The number of hydrogen-bond acceptors (Lipinski definition) is 2. The van der Waals surface area contributed by atoms with E-state index in [1.54, 1.807) is 0 Å². The van der Waals surface area contributed by atoms with Gasteiger partial charge >= 0.3 is 0 Å². The lowest BCUT2D eigenvalue weighted by Gasteiger charge is -2.03. The first-order valence-electron chi connectivity index (χ1n) is 3.94. The maximum absolute atomic E-state index is 4.15. The summed E-state index contributed by atoms with van der Waals surface area (Å²) in [6.45, 7) is 6.11. The zero-order chi connectivity index (χ0) is 8.27. The van der Waals surface area contributed by atoms with E-state index in [9.17, 15) is 0 Å². The summed E-state index contributed by atoms with van der Waals surface area (Å²) in [5.41, 5.74) is 2.53. The molecule has 0 radical (unpaired) electrons. The normalized spacial score (nSPS) is 9.58. The van der Waals surface area contributed by atoms with Crippen LogP contribution in [0.15, 0.2) is 6.20 Å². The lowest BCUT2D eigenvalue weighted by atomic mass is 10.3. The number of aryl methyl sites for hydroxylation is 2. The number of hydrogen-bond donors (Lipinski definition) is 1. The molecule has 1 aromatic rings. The zero-order valence-electron chi connectivity index (χ0n) is 7.79. The summed E-state index contributed by atoms with van der Waals surface area (Å²) < 4.78 is 1.91. The molecule has 0 aliphatic carbocycles. The van der Waals surface area contributed by atoms with Crippen LogP contribution in [0.5, 0.6) is 0 Å². The molecule has 1 aromatic heterocycles. The lowest BCUT2D eigenvalue weighted by molar-refractivity contribution is 0.640. The summed E-state index contributed by atoms with van der Waals surface area (Å²) >= 11 is 0. The smallest absolute Gasteiger partial charge is 0.0547 e. The van der Waals surface area contributed by atoms with Crippen molar-refractivity contribution in [3.63, 3.8) is 0 Å². The van der Waals surface area contributed by atoms with Crippen molar-refractivity contribution in [3.8, 4) is 0 Å². The van der Waals surface area contributed by atoms with Crippen molar-refractivity contribution in [3.05, 3.63) is 17.5 Å². The van der Waals surface area contributed by atoms with Crippen molar-refractivity contribution >= 4 is 12.4 Å². The van der Waals surface area contributed by atoms with E-state index in [4.69, 9.17) is 0 Å². The van der Waals surface area contributed by atoms with E-state index in [0.717, 1.165) is 13.1 Å². The van der Waals surface area contributed by atoms with Crippen molar-refractivity contribution in [1.29, 1.82) is 0 Å². The highest BCUT2D eigenvalue weighted by Crippen LogP contribution is 2.03. The van der Waals surface area contributed by atoms with Gasteiger partial charge in [0.15, 0.2) is 0 Å². The molecule has 3 nitrogen and oxygen atoms in total. The molecular weight excluding hydrogens is 174 g/mol.